The largest absolute Gasteiger partial charge is 0.462 e. The number of ether oxygens (including phenoxy) is 1. The van der Waals surface area contributed by atoms with Gasteiger partial charge in [0, 0.05) is 53.6 Å². The second-order valence-electron chi connectivity index (χ2n) is 6.62. The van der Waals surface area contributed by atoms with E-state index in [1.807, 2.05) is 12.1 Å². The third-order valence-electron chi connectivity index (χ3n) is 4.78. The van der Waals surface area contributed by atoms with Gasteiger partial charge in [-0.2, -0.15) is 0 Å². The molecular weight excluding hydrogens is 396 g/mol. The average Bonchev–Trinajstić information content (AvgIpc) is 3.21. The SMILES string of the molecule is CCOC(=O)c1c(-c2ccncc2)[nH]c(-c2ccncc2)c1-c1ccc([N+](=O)[O-])cc1. The molecule has 4 rings (SSSR count). The molecule has 1 aromatic carbocycles. The van der Waals surface area contributed by atoms with E-state index in [-0.39, 0.29) is 12.3 Å². The van der Waals surface area contributed by atoms with Gasteiger partial charge in [-0.1, -0.05) is 0 Å². The smallest absolute Gasteiger partial charge is 0.340 e. The molecule has 0 fully saturated rings. The third-order valence-corrected chi connectivity index (χ3v) is 4.78. The predicted octanol–water partition coefficient (Wildman–Crippen LogP) is 4.89. The number of pyridine rings is 2. The molecular formula is C23H18N4O4. The summed E-state index contributed by atoms with van der Waals surface area (Å²) in [4.78, 5) is 35.2. The predicted molar refractivity (Wildman–Crippen MR) is 115 cm³/mol. The number of nitrogens with zero attached hydrogens (tertiary/aromatic N) is 3. The number of carbonyl (C=O) groups is 1. The van der Waals surface area contributed by atoms with Crippen molar-refractivity contribution < 1.29 is 14.5 Å². The van der Waals surface area contributed by atoms with Gasteiger partial charge < -0.3 is 9.72 Å². The fraction of sp³-hybridized carbons (Fsp3) is 0.0870. The molecule has 3 aromatic heterocycles. The Bertz CT molecular complexity index is 1220. The first-order valence-electron chi connectivity index (χ1n) is 9.58. The average molecular weight is 414 g/mol. The summed E-state index contributed by atoms with van der Waals surface area (Å²) >= 11 is 0. The number of aromatic amines is 1. The maximum Gasteiger partial charge on any atom is 0.340 e. The van der Waals surface area contributed by atoms with Crippen LogP contribution in [0.3, 0.4) is 0 Å². The van der Waals surface area contributed by atoms with Crippen LogP contribution in [0.1, 0.15) is 17.3 Å². The number of nitro benzene ring substituents is 1. The molecule has 0 bridgehead atoms. The molecule has 0 aliphatic heterocycles. The second-order valence-corrected chi connectivity index (χ2v) is 6.62. The highest BCUT2D eigenvalue weighted by Crippen LogP contribution is 2.41. The molecule has 0 amide bonds. The van der Waals surface area contributed by atoms with Crippen molar-refractivity contribution in [2.24, 2.45) is 0 Å². The number of aromatic nitrogens is 3. The van der Waals surface area contributed by atoms with Crippen molar-refractivity contribution in [3.05, 3.63) is 89.0 Å². The number of H-pyrrole nitrogens is 1. The number of rotatable bonds is 6. The van der Waals surface area contributed by atoms with Crippen LogP contribution >= 0.6 is 0 Å². The second kappa shape index (κ2) is 8.58. The molecule has 1 N–H and O–H groups in total. The minimum Gasteiger partial charge on any atom is -0.462 e. The van der Waals surface area contributed by atoms with E-state index in [4.69, 9.17) is 4.74 Å². The number of esters is 1. The number of nitro groups is 1. The molecule has 0 radical (unpaired) electrons. The van der Waals surface area contributed by atoms with Gasteiger partial charge in [-0.05, 0) is 48.9 Å². The zero-order valence-electron chi connectivity index (χ0n) is 16.6. The molecule has 0 saturated heterocycles. The maximum atomic E-state index is 13.1. The van der Waals surface area contributed by atoms with E-state index in [2.05, 4.69) is 15.0 Å². The van der Waals surface area contributed by atoms with Crippen molar-refractivity contribution in [3.8, 4) is 33.6 Å². The van der Waals surface area contributed by atoms with Crippen LogP contribution in [0.2, 0.25) is 0 Å². The van der Waals surface area contributed by atoms with Crippen molar-refractivity contribution in [3.63, 3.8) is 0 Å². The number of carbonyl (C=O) groups excluding carboxylic acids is 1. The van der Waals surface area contributed by atoms with Crippen molar-refractivity contribution in [1.29, 1.82) is 0 Å². The number of hydrogen-bond acceptors (Lipinski definition) is 6. The van der Waals surface area contributed by atoms with Crippen molar-refractivity contribution in [2.75, 3.05) is 6.61 Å². The number of hydrogen-bond donors (Lipinski definition) is 1. The van der Waals surface area contributed by atoms with Crippen molar-refractivity contribution >= 4 is 11.7 Å². The van der Waals surface area contributed by atoms with E-state index >= 15 is 0 Å². The van der Waals surface area contributed by atoms with Gasteiger partial charge in [-0.25, -0.2) is 4.79 Å². The molecule has 8 heteroatoms. The summed E-state index contributed by atoms with van der Waals surface area (Å²) in [5.74, 6) is -0.487. The molecule has 154 valence electrons. The van der Waals surface area contributed by atoms with Crippen LogP contribution in [0.15, 0.2) is 73.3 Å². The van der Waals surface area contributed by atoms with Gasteiger partial charge >= 0.3 is 5.97 Å². The van der Waals surface area contributed by atoms with Gasteiger partial charge in [-0.15, -0.1) is 0 Å². The number of non-ortho nitro benzene ring substituents is 1. The highest BCUT2D eigenvalue weighted by Gasteiger charge is 2.27. The van der Waals surface area contributed by atoms with Crippen molar-refractivity contribution in [1.82, 2.24) is 15.0 Å². The van der Waals surface area contributed by atoms with Crippen LogP contribution in [0, 0.1) is 10.1 Å². The zero-order chi connectivity index (χ0) is 21.8. The first-order chi connectivity index (χ1) is 15.1. The molecule has 0 unspecified atom stereocenters. The molecule has 0 atom stereocenters. The minimum absolute atomic E-state index is 0.0308. The van der Waals surface area contributed by atoms with Crippen LogP contribution in [-0.2, 0) is 4.74 Å². The van der Waals surface area contributed by atoms with Crippen molar-refractivity contribution in [2.45, 2.75) is 6.92 Å². The summed E-state index contributed by atoms with van der Waals surface area (Å²) in [7, 11) is 0. The Labute approximate surface area is 177 Å². The van der Waals surface area contributed by atoms with Gasteiger partial charge in [-0.3, -0.25) is 20.1 Å². The van der Waals surface area contributed by atoms with Crippen LogP contribution in [0.25, 0.3) is 33.6 Å². The lowest BCUT2D eigenvalue weighted by Gasteiger charge is -2.09. The Morgan fingerprint density at radius 2 is 1.45 bits per heavy atom. The Balaban J connectivity index is 2.03. The molecule has 0 aliphatic carbocycles. The molecule has 4 aromatic rings. The lowest BCUT2D eigenvalue weighted by molar-refractivity contribution is -0.384. The van der Waals surface area contributed by atoms with Crippen LogP contribution in [-0.4, -0.2) is 32.5 Å². The van der Waals surface area contributed by atoms with Crippen LogP contribution in [0.5, 0.6) is 0 Å². The summed E-state index contributed by atoms with van der Waals surface area (Å²) in [5, 5.41) is 11.1. The third kappa shape index (κ3) is 3.91. The highest BCUT2D eigenvalue weighted by atomic mass is 16.6. The number of nitrogens with one attached hydrogen (secondary N) is 1. The first-order valence-corrected chi connectivity index (χ1v) is 9.58. The van der Waals surface area contributed by atoms with E-state index in [9.17, 15) is 14.9 Å². The molecule has 8 nitrogen and oxygen atoms in total. The van der Waals surface area contributed by atoms with Gasteiger partial charge in [0.1, 0.15) is 0 Å². The quantitative estimate of drug-likeness (QED) is 0.273. The van der Waals surface area contributed by atoms with E-state index in [1.165, 1.54) is 12.1 Å². The Kier molecular flexibility index (Phi) is 5.53. The fourth-order valence-electron chi connectivity index (χ4n) is 3.42. The molecule has 0 saturated carbocycles. The first kappa shape index (κ1) is 20.0. The lowest BCUT2D eigenvalue weighted by Crippen LogP contribution is -2.07. The molecule has 3 heterocycles. The summed E-state index contributed by atoms with van der Waals surface area (Å²) < 4.78 is 5.37. The van der Waals surface area contributed by atoms with E-state index in [1.54, 1.807) is 56.0 Å². The van der Waals surface area contributed by atoms with Crippen LogP contribution < -0.4 is 0 Å². The summed E-state index contributed by atoms with van der Waals surface area (Å²) in [6.07, 6.45) is 6.60. The van der Waals surface area contributed by atoms with Crippen LogP contribution in [0.4, 0.5) is 5.69 Å². The summed E-state index contributed by atoms with van der Waals surface area (Å²) in [6.45, 7) is 1.95. The zero-order valence-corrected chi connectivity index (χ0v) is 16.6. The van der Waals surface area contributed by atoms with Gasteiger partial charge in [0.15, 0.2) is 0 Å². The fourth-order valence-corrected chi connectivity index (χ4v) is 3.42. The van der Waals surface area contributed by atoms with Gasteiger partial charge in [0.25, 0.3) is 5.69 Å². The minimum atomic E-state index is -0.487. The molecule has 0 spiro atoms. The van der Waals surface area contributed by atoms with E-state index in [0.717, 1.165) is 11.1 Å². The Morgan fingerprint density at radius 1 is 0.903 bits per heavy atom. The summed E-state index contributed by atoms with van der Waals surface area (Å²) in [6, 6.07) is 13.3. The topological polar surface area (TPSA) is 111 Å². The van der Waals surface area contributed by atoms with Gasteiger partial charge in [0.05, 0.1) is 28.5 Å². The van der Waals surface area contributed by atoms with E-state index in [0.29, 0.717) is 28.1 Å². The maximum absolute atomic E-state index is 13.1. The lowest BCUT2D eigenvalue weighted by atomic mass is 9.96. The summed E-state index contributed by atoms with van der Waals surface area (Å²) in [5.41, 5.74) is 4.43. The van der Waals surface area contributed by atoms with E-state index < -0.39 is 10.9 Å². The Morgan fingerprint density at radius 3 is 1.97 bits per heavy atom. The standard InChI is InChI=1S/C23H18N4O4/c1-2-31-23(28)20-19(15-3-5-18(6-4-15)27(29)30)21(16-7-11-24-12-8-16)26-22(20)17-9-13-25-14-10-17/h3-14,26H,2H2,1H3. The molecule has 31 heavy (non-hydrogen) atoms. The van der Waals surface area contributed by atoms with Gasteiger partial charge in [0.2, 0.25) is 0 Å². The Hall–Kier alpha value is -4.33. The number of benzene rings is 1. The highest BCUT2D eigenvalue weighted by molar-refractivity contribution is 6.07. The normalized spacial score (nSPS) is 10.6. The monoisotopic (exact) mass is 414 g/mol. The molecule has 0 aliphatic rings.